The van der Waals surface area contributed by atoms with Gasteiger partial charge >= 0.3 is 0 Å². The van der Waals surface area contributed by atoms with Gasteiger partial charge in [-0.15, -0.1) is 0 Å². The predicted molar refractivity (Wildman–Crippen MR) is 109 cm³/mol. The van der Waals surface area contributed by atoms with Gasteiger partial charge in [0.05, 0.1) is 29.5 Å². The summed E-state index contributed by atoms with van der Waals surface area (Å²) in [6.45, 7) is 8.04. The minimum absolute atomic E-state index is 0.308. The van der Waals surface area contributed by atoms with Crippen LogP contribution in [0.25, 0.3) is 10.2 Å². The number of aryl methyl sites for hydroxylation is 2. The normalized spacial score (nSPS) is 11.9. The van der Waals surface area contributed by atoms with Crippen molar-refractivity contribution in [3.05, 3.63) is 57.9 Å². The molecule has 0 spiro atoms. The van der Waals surface area contributed by atoms with Gasteiger partial charge in [-0.2, -0.15) is 4.99 Å². The van der Waals surface area contributed by atoms with Crippen molar-refractivity contribution < 1.29 is 14.3 Å². The Morgan fingerprint density at radius 2 is 1.93 bits per heavy atom. The van der Waals surface area contributed by atoms with Crippen molar-refractivity contribution in [1.29, 1.82) is 0 Å². The van der Waals surface area contributed by atoms with E-state index in [-0.39, 0.29) is 5.91 Å². The van der Waals surface area contributed by atoms with Gasteiger partial charge in [0.2, 0.25) is 0 Å². The summed E-state index contributed by atoms with van der Waals surface area (Å²) in [7, 11) is 1.55. The number of hydrogen-bond acceptors (Lipinski definition) is 4. The fourth-order valence-corrected chi connectivity index (χ4v) is 4.03. The highest BCUT2D eigenvalue weighted by atomic mass is 32.1. The lowest BCUT2D eigenvalue weighted by atomic mass is 10.1. The second kappa shape index (κ2) is 8.50. The Morgan fingerprint density at radius 1 is 1.19 bits per heavy atom. The lowest BCUT2D eigenvalue weighted by Crippen LogP contribution is -2.20. The number of benzene rings is 2. The van der Waals surface area contributed by atoms with E-state index in [1.807, 2.05) is 19.1 Å². The average molecular weight is 385 g/mol. The molecule has 1 heterocycles. The molecule has 1 aromatic heterocycles. The van der Waals surface area contributed by atoms with Crippen molar-refractivity contribution in [3.8, 4) is 5.75 Å². The Hall–Kier alpha value is -2.44. The van der Waals surface area contributed by atoms with Crippen molar-refractivity contribution in [3.63, 3.8) is 0 Å². The number of aromatic nitrogens is 1. The van der Waals surface area contributed by atoms with Crippen LogP contribution in [0.15, 0.2) is 41.4 Å². The standard InChI is InChI=1S/C21H24N2O3S/c1-5-26-11-10-23-17-12-14(2)15(3)13-19(17)27-21(23)22-20(24)16-8-6-7-9-18(16)25-4/h6-9,12-13H,5,10-11H2,1-4H3. The number of amides is 1. The largest absolute Gasteiger partial charge is 0.496 e. The highest BCUT2D eigenvalue weighted by Crippen LogP contribution is 2.23. The van der Waals surface area contributed by atoms with Gasteiger partial charge in [-0.05, 0) is 56.2 Å². The first-order chi connectivity index (χ1) is 13.0. The van der Waals surface area contributed by atoms with Crippen LogP contribution in [0.4, 0.5) is 0 Å². The summed E-state index contributed by atoms with van der Waals surface area (Å²) in [6.07, 6.45) is 0. The molecule has 6 heteroatoms. The molecule has 0 aliphatic heterocycles. The van der Waals surface area contributed by atoms with Gasteiger partial charge in [0.15, 0.2) is 4.80 Å². The first kappa shape index (κ1) is 19.3. The van der Waals surface area contributed by atoms with Crippen molar-refractivity contribution in [2.45, 2.75) is 27.3 Å². The highest BCUT2D eigenvalue weighted by Gasteiger charge is 2.13. The number of methoxy groups -OCH3 is 1. The van der Waals surface area contributed by atoms with Crippen LogP contribution in [0.3, 0.4) is 0 Å². The molecule has 0 fully saturated rings. The van der Waals surface area contributed by atoms with Crippen LogP contribution in [0.5, 0.6) is 5.75 Å². The van der Waals surface area contributed by atoms with E-state index in [4.69, 9.17) is 9.47 Å². The zero-order valence-corrected chi connectivity index (χ0v) is 16.9. The number of carbonyl (C=O) groups is 1. The van der Waals surface area contributed by atoms with E-state index < -0.39 is 0 Å². The van der Waals surface area contributed by atoms with Crippen molar-refractivity contribution >= 4 is 27.5 Å². The van der Waals surface area contributed by atoms with Gasteiger partial charge < -0.3 is 14.0 Å². The molecule has 142 valence electrons. The molecule has 0 bridgehead atoms. The minimum Gasteiger partial charge on any atom is -0.496 e. The maximum Gasteiger partial charge on any atom is 0.283 e. The Morgan fingerprint density at radius 3 is 2.67 bits per heavy atom. The van der Waals surface area contributed by atoms with Crippen molar-refractivity contribution in [1.82, 2.24) is 4.57 Å². The SMILES string of the molecule is CCOCCn1c(=NC(=O)c2ccccc2OC)sc2cc(C)c(C)cc21. The topological polar surface area (TPSA) is 52.8 Å². The third kappa shape index (κ3) is 4.12. The van der Waals surface area contributed by atoms with Gasteiger partial charge in [0, 0.05) is 13.2 Å². The van der Waals surface area contributed by atoms with Crippen LogP contribution in [0.1, 0.15) is 28.4 Å². The number of rotatable bonds is 6. The number of para-hydroxylation sites is 1. The van der Waals surface area contributed by atoms with Gasteiger partial charge in [0.25, 0.3) is 5.91 Å². The number of carbonyl (C=O) groups excluding carboxylic acids is 1. The molecule has 0 aliphatic carbocycles. The molecule has 1 amide bonds. The second-order valence-corrected chi connectivity index (χ2v) is 7.26. The number of ether oxygens (including phenoxy) is 2. The van der Waals surface area contributed by atoms with E-state index in [0.717, 1.165) is 10.2 Å². The fourth-order valence-electron chi connectivity index (χ4n) is 2.89. The van der Waals surface area contributed by atoms with E-state index in [1.54, 1.807) is 19.2 Å². The maximum absolute atomic E-state index is 12.8. The Kier molecular flexibility index (Phi) is 6.08. The Bertz CT molecular complexity index is 1030. The molecule has 0 N–H and O–H groups in total. The van der Waals surface area contributed by atoms with Gasteiger partial charge in [-0.1, -0.05) is 23.5 Å². The molecule has 0 aliphatic rings. The molecule has 3 aromatic rings. The molecule has 0 radical (unpaired) electrons. The number of thiazole rings is 1. The average Bonchev–Trinajstić information content (AvgIpc) is 2.98. The monoisotopic (exact) mass is 384 g/mol. The third-order valence-electron chi connectivity index (χ3n) is 4.50. The van der Waals surface area contributed by atoms with Crippen LogP contribution >= 0.6 is 11.3 Å². The van der Waals surface area contributed by atoms with E-state index in [1.165, 1.54) is 22.5 Å². The zero-order valence-electron chi connectivity index (χ0n) is 16.1. The molecule has 27 heavy (non-hydrogen) atoms. The lowest BCUT2D eigenvalue weighted by Gasteiger charge is -2.07. The smallest absolute Gasteiger partial charge is 0.283 e. The maximum atomic E-state index is 12.8. The molecule has 0 unspecified atom stereocenters. The van der Waals surface area contributed by atoms with Crippen LogP contribution < -0.4 is 9.54 Å². The second-order valence-electron chi connectivity index (χ2n) is 6.25. The molecular formula is C21H24N2O3S. The quantitative estimate of drug-likeness (QED) is 0.601. The van der Waals surface area contributed by atoms with E-state index in [0.29, 0.717) is 35.9 Å². The summed E-state index contributed by atoms with van der Waals surface area (Å²) < 4.78 is 14.0. The molecular weight excluding hydrogens is 360 g/mol. The summed E-state index contributed by atoms with van der Waals surface area (Å²) in [6, 6.07) is 11.5. The van der Waals surface area contributed by atoms with E-state index in [2.05, 4.69) is 35.5 Å². The van der Waals surface area contributed by atoms with Gasteiger partial charge in [-0.3, -0.25) is 4.79 Å². The fraction of sp³-hybridized carbons (Fsp3) is 0.333. The molecule has 0 atom stereocenters. The Balaban J connectivity index is 2.12. The first-order valence-electron chi connectivity index (χ1n) is 8.95. The minimum atomic E-state index is -0.308. The predicted octanol–water partition coefficient (Wildman–Crippen LogP) is 4.11. The van der Waals surface area contributed by atoms with E-state index in [9.17, 15) is 4.79 Å². The first-order valence-corrected chi connectivity index (χ1v) is 9.77. The van der Waals surface area contributed by atoms with Crippen molar-refractivity contribution in [2.75, 3.05) is 20.3 Å². The molecule has 0 saturated carbocycles. The summed E-state index contributed by atoms with van der Waals surface area (Å²) in [5, 5.41) is 0. The number of hydrogen-bond donors (Lipinski definition) is 0. The summed E-state index contributed by atoms with van der Waals surface area (Å²) in [5.74, 6) is 0.220. The Labute approximate surface area is 162 Å². The summed E-state index contributed by atoms with van der Waals surface area (Å²) >= 11 is 1.52. The van der Waals surface area contributed by atoms with Crippen LogP contribution in [0.2, 0.25) is 0 Å². The lowest BCUT2D eigenvalue weighted by molar-refractivity contribution is 0.0993. The number of fused-ring (bicyclic) bond motifs is 1. The van der Waals surface area contributed by atoms with Gasteiger partial charge in [0.1, 0.15) is 5.75 Å². The molecule has 3 rings (SSSR count). The van der Waals surface area contributed by atoms with Crippen molar-refractivity contribution in [2.24, 2.45) is 4.99 Å². The zero-order chi connectivity index (χ0) is 19.4. The number of nitrogens with zero attached hydrogens (tertiary/aromatic N) is 2. The van der Waals surface area contributed by atoms with Crippen LogP contribution in [-0.2, 0) is 11.3 Å². The van der Waals surface area contributed by atoms with E-state index >= 15 is 0 Å². The van der Waals surface area contributed by atoms with Crippen LogP contribution in [-0.4, -0.2) is 30.8 Å². The molecule has 0 saturated heterocycles. The summed E-state index contributed by atoms with van der Waals surface area (Å²) in [4.78, 5) is 17.9. The summed E-state index contributed by atoms with van der Waals surface area (Å²) in [5.41, 5.74) is 3.98. The van der Waals surface area contributed by atoms with Gasteiger partial charge in [-0.25, -0.2) is 0 Å². The third-order valence-corrected chi connectivity index (χ3v) is 5.54. The molecule has 2 aromatic carbocycles. The van der Waals surface area contributed by atoms with Crippen LogP contribution in [0, 0.1) is 13.8 Å². The highest BCUT2D eigenvalue weighted by molar-refractivity contribution is 7.16. The molecule has 5 nitrogen and oxygen atoms in total.